The molecule has 0 rings (SSSR count). The van der Waals surface area contributed by atoms with Crippen molar-refractivity contribution in [2.24, 2.45) is 10.2 Å². The van der Waals surface area contributed by atoms with Crippen molar-refractivity contribution in [3.8, 4) is 12.1 Å². The van der Waals surface area contributed by atoms with Gasteiger partial charge in [-0.05, 0) is 26.7 Å². The van der Waals surface area contributed by atoms with Crippen LogP contribution in [0.25, 0.3) is 0 Å². The van der Waals surface area contributed by atoms with Crippen LogP contribution < -0.4 is 0 Å². The topological polar surface area (TPSA) is 90.8 Å². The molecule has 0 heterocycles. The van der Waals surface area contributed by atoms with Gasteiger partial charge in [0.1, 0.15) is 22.0 Å². The van der Waals surface area contributed by atoms with Crippen LogP contribution in [0.15, 0.2) is 10.2 Å². The summed E-state index contributed by atoms with van der Waals surface area (Å²) in [6, 6.07) is 4.16. The molecule has 0 aromatic heterocycles. The van der Waals surface area contributed by atoms with Crippen LogP contribution in [0, 0.1) is 22.7 Å². The van der Waals surface area contributed by atoms with E-state index in [4.69, 9.17) is 9.47 Å². The summed E-state index contributed by atoms with van der Waals surface area (Å²) >= 11 is 18.2. The van der Waals surface area contributed by atoms with Crippen LogP contribution in [-0.2, 0) is 9.47 Å². The van der Waals surface area contributed by atoms with Crippen molar-refractivity contribution in [3.63, 3.8) is 0 Å². The average Bonchev–Trinajstić information content (AvgIpc) is 2.89. The number of thiol groups is 4. The van der Waals surface area contributed by atoms with Crippen molar-refractivity contribution in [1.29, 1.82) is 10.5 Å². The van der Waals surface area contributed by atoms with Crippen molar-refractivity contribution in [2.45, 2.75) is 163 Å². The molecule has 4 unspecified atom stereocenters. The van der Waals surface area contributed by atoms with Crippen LogP contribution >= 0.6 is 50.5 Å². The zero-order valence-corrected chi connectivity index (χ0v) is 29.1. The average molecular weight is 633 g/mol. The van der Waals surface area contributed by atoms with Crippen LogP contribution in [0.2, 0.25) is 0 Å². The Kier molecular flexibility index (Phi) is 22.4. The summed E-state index contributed by atoms with van der Waals surface area (Å²) in [6.45, 7) is 9.13. The van der Waals surface area contributed by atoms with E-state index in [0.29, 0.717) is 13.2 Å². The first-order chi connectivity index (χ1) is 18.9. The third-order valence-corrected chi connectivity index (χ3v) is 7.98. The number of unbranched alkanes of at least 4 members (excludes halogenated alkanes) is 14. The predicted molar refractivity (Wildman–Crippen MR) is 181 cm³/mol. The van der Waals surface area contributed by atoms with E-state index in [1.54, 1.807) is 13.8 Å². The maximum atomic E-state index is 9.81. The predicted octanol–water partition coefficient (Wildman–Crippen LogP) is 10.1. The van der Waals surface area contributed by atoms with Gasteiger partial charge >= 0.3 is 0 Å². The fourth-order valence-electron chi connectivity index (χ4n) is 4.43. The van der Waals surface area contributed by atoms with E-state index in [1.807, 2.05) is 0 Å². The van der Waals surface area contributed by atoms with Crippen molar-refractivity contribution in [2.75, 3.05) is 13.2 Å². The fraction of sp³-hybridized carbons (Fsp3) is 0.933. The lowest BCUT2D eigenvalue weighted by molar-refractivity contribution is 0.0262. The number of nitrogens with zero attached hydrogens (tertiary/aromatic N) is 4. The van der Waals surface area contributed by atoms with Gasteiger partial charge < -0.3 is 9.47 Å². The molecule has 0 aliphatic rings. The molecule has 0 N–H and O–H groups in total. The molecule has 0 spiro atoms. The van der Waals surface area contributed by atoms with E-state index in [2.05, 4.69) is 86.7 Å². The number of rotatable bonds is 26. The van der Waals surface area contributed by atoms with Crippen molar-refractivity contribution >= 4 is 50.5 Å². The SMILES string of the molecule is CCCCCCCCCCOC(C)(S)CC(S)(C#N)N=NC(S)(C#N)CC(C)(S)OCCCCCCCCCC. The molecule has 40 heavy (non-hydrogen) atoms. The molecule has 0 aromatic rings. The Labute approximate surface area is 267 Å². The minimum atomic E-state index is -1.52. The van der Waals surface area contributed by atoms with Gasteiger partial charge in [-0.2, -0.15) is 20.8 Å². The highest BCUT2D eigenvalue weighted by Crippen LogP contribution is 2.37. The Balaban J connectivity index is 4.67. The summed E-state index contributed by atoms with van der Waals surface area (Å²) in [5.41, 5.74) is 0. The molecule has 0 aromatic carbocycles. The maximum absolute atomic E-state index is 9.81. The van der Waals surface area contributed by atoms with Crippen molar-refractivity contribution in [1.82, 2.24) is 0 Å². The van der Waals surface area contributed by atoms with Crippen molar-refractivity contribution in [3.05, 3.63) is 0 Å². The highest BCUT2D eigenvalue weighted by molar-refractivity contribution is 7.83. The lowest BCUT2D eigenvalue weighted by Crippen LogP contribution is -2.34. The monoisotopic (exact) mass is 632 g/mol. The fourth-order valence-corrected chi connectivity index (χ4v) is 6.02. The minimum absolute atomic E-state index is 0.0889. The number of nitriles is 2. The van der Waals surface area contributed by atoms with Gasteiger partial charge in [0, 0.05) is 26.1 Å². The molecule has 0 radical (unpaired) electrons. The van der Waals surface area contributed by atoms with Crippen LogP contribution in [0.1, 0.15) is 143 Å². The first-order valence-corrected chi connectivity index (χ1v) is 17.1. The molecular weight excluding hydrogens is 577 g/mol. The van der Waals surface area contributed by atoms with Gasteiger partial charge in [-0.3, -0.25) is 0 Å². The molecule has 0 bridgehead atoms. The van der Waals surface area contributed by atoms with Gasteiger partial charge in [0.05, 0.1) is 0 Å². The molecule has 4 atom stereocenters. The number of hydrogen-bond donors (Lipinski definition) is 4. The Morgan fingerprint density at radius 1 is 0.525 bits per heavy atom. The zero-order valence-electron chi connectivity index (χ0n) is 25.5. The lowest BCUT2D eigenvalue weighted by Gasteiger charge is -2.31. The van der Waals surface area contributed by atoms with Crippen LogP contribution in [0.3, 0.4) is 0 Å². The Hall–Kier alpha value is -0.100. The van der Waals surface area contributed by atoms with Crippen LogP contribution in [-0.4, -0.2) is 32.8 Å². The Bertz CT molecular complexity index is 708. The molecule has 232 valence electrons. The molecular formula is C30H56N4O2S4. The van der Waals surface area contributed by atoms with Gasteiger partial charge in [0.25, 0.3) is 0 Å². The molecule has 6 nitrogen and oxygen atoms in total. The first kappa shape index (κ1) is 39.9. The van der Waals surface area contributed by atoms with E-state index >= 15 is 0 Å². The van der Waals surface area contributed by atoms with E-state index in [-0.39, 0.29) is 12.8 Å². The number of hydrogen-bond acceptors (Lipinski definition) is 10. The largest absolute Gasteiger partial charge is 0.365 e. The van der Waals surface area contributed by atoms with E-state index in [9.17, 15) is 10.5 Å². The quantitative estimate of drug-likeness (QED) is 0.0330. The summed E-state index contributed by atoms with van der Waals surface area (Å²) in [7, 11) is 0. The zero-order chi connectivity index (χ0) is 30.4. The second-order valence-electron chi connectivity index (χ2n) is 11.4. The Morgan fingerprint density at radius 3 is 1.07 bits per heavy atom. The minimum Gasteiger partial charge on any atom is -0.365 e. The lowest BCUT2D eigenvalue weighted by atomic mass is 10.1. The van der Waals surface area contributed by atoms with Gasteiger partial charge in [-0.1, -0.05) is 104 Å². The third kappa shape index (κ3) is 21.6. The summed E-state index contributed by atoms with van der Waals surface area (Å²) in [5.74, 6) is 0. The number of ether oxygens (including phenoxy) is 2. The second-order valence-corrected chi connectivity index (χ2v) is 14.8. The third-order valence-electron chi connectivity index (χ3n) is 6.71. The standard InChI is InChI=1S/C30H56N4O2S4/c1-5-7-9-11-13-15-17-19-21-35-27(3,37)23-29(39,25-31)33-34-30(40,26-32)24-28(4,38)36-22-20-18-16-14-12-10-8-6-2/h37-40H,5-24H2,1-4H3. The van der Waals surface area contributed by atoms with E-state index < -0.39 is 19.6 Å². The molecule has 0 saturated heterocycles. The smallest absolute Gasteiger partial charge is 0.213 e. The highest BCUT2D eigenvalue weighted by Gasteiger charge is 2.39. The number of azo groups is 1. The Morgan fingerprint density at radius 2 is 0.800 bits per heavy atom. The summed E-state index contributed by atoms with van der Waals surface area (Å²) < 4.78 is 11.9. The van der Waals surface area contributed by atoms with E-state index in [0.717, 1.165) is 25.7 Å². The maximum Gasteiger partial charge on any atom is 0.213 e. The van der Waals surface area contributed by atoms with Gasteiger partial charge in [-0.25, -0.2) is 0 Å². The van der Waals surface area contributed by atoms with Gasteiger partial charge in [0.15, 0.2) is 0 Å². The first-order valence-electron chi connectivity index (χ1n) is 15.3. The molecule has 0 fully saturated rings. The molecule has 0 aliphatic heterocycles. The summed E-state index contributed by atoms with van der Waals surface area (Å²) in [4.78, 5) is -4.90. The van der Waals surface area contributed by atoms with Gasteiger partial charge in [0.2, 0.25) is 9.74 Å². The second kappa shape index (κ2) is 22.4. The van der Waals surface area contributed by atoms with Gasteiger partial charge in [-0.15, -0.1) is 50.5 Å². The van der Waals surface area contributed by atoms with Crippen LogP contribution in [0.5, 0.6) is 0 Å². The normalized spacial score (nSPS) is 17.9. The molecule has 0 amide bonds. The summed E-state index contributed by atoms with van der Waals surface area (Å²) in [6.07, 6.45) is 19.5. The highest BCUT2D eigenvalue weighted by atomic mass is 32.1. The molecule has 0 aliphatic carbocycles. The summed E-state index contributed by atoms with van der Waals surface area (Å²) in [5, 5.41) is 27.9. The molecule has 0 saturated carbocycles. The van der Waals surface area contributed by atoms with Crippen LogP contribution in [0.4, 0.5) is 0 Å². The molecule has 10 heteroatoms. The van der Waals surface area contributed by atoms with E-state index in [1.165, 1.54) is 77.0 Å². The van der Waals surface area contributed by atoms with Crippen molar-refractivity contribution < 1.29 is 9.47 Å².